The number of aromatic carboxylic acids is 1. The van der Waals surface area contributed by atoms with E-state index in [0.717, 1.165) is 5.56 Å². The van der Waals surface area contributed by atoms with Crippen LogP contribution in [0.25, 0.3) is 10.9 Å². The van der Waals surface area contributed by atoms with Crippen molar-refractivity contribution in [1.29, 1.82) is 0 Å². The lowest BCUT2D eigenvalue weighted by atomic mass is 10.1. The Labute approximate surface area is 148 Å². The molecule has 3 aromatic rings. The predicted octanol–water partition coefficient (Wildman–Crippen LogP) is 3.05. The summed E-state index contributed by atoms with van der Waals surface area (Å²) >= 11 is 0. The molecule has 0 spiro atoms. The van der Waals surface area contributed by atoms with Gasteiger partial charge in [-0.3, -0.25) is 4.79 Å². The maximum atomic E-state index is 14.7. The van der Waals surface area contributed by atoms with Crippen LogP contribution in [0.3, 0.4) is 0 Å². The lowest BCUT2D eigenvalue weighted by Gasteiger charge is -2.16. The minimum absolute atomic E-state index is 0.116. The Morgan fingerprint density at radius 2 is 2.00 bits per heavy atom. The molecule has 3 rings (SSSR count). The van der Waals surface area contributed by atoms with E-state index in [1.54, 1.807) is 11.5 Å². The van der Waals surface area contributed by atoms with Crippen LogP contribution in [0.4, 0.5) is 15.8 Å². The summed E-state index contributed by atoms with van der Waals surface area (Å²) in [5, 5.41) is 12.1. The van der Waals surface area contributed by atoms with Crippen molar-refractivity contribution in [3.8, 4) is 0 Å². The van der Waals surface area contributed by atoms with E-state index in [4.69, 9.17) is 5.73 Å². The number of nitrogens with one attached hydrogen (secondary N) is 1. The molecule has 0 aliphatic carbocycles. The lowest BCUT2D eigenvalue weighted by Crippen LogP contribution is -2.20. The number of nitrogen functional groups attached to an aromatic ring is 1. The van der Waals surface area contributed by atoms with Crippen LogP contribution in [0.5, 0.6) is 0 Å². The van der Waals surface area contributed by atoms with Crippen molar-refractivity contribution in [3.05, 3.63) is 69.8 Å². The molecule has 0 atom stereocenters. The fourth-order valence-corrected chi connectivity index (χ4v) is 2.88. The number of carboxylic acids is 1. The van der Waals surface area contributed by atoms with E-state index in [1.807, 2.05) is 30.3 Å². The molecule has 1 heterocycles. The number of rotatable bonds is 5. The Morgan fingerprint density at radius 1 is 1.31 bits per heavy atom. The molecule has 1 aromatic heterocycles. The first-order chi connectivity index (χ1) is 12.4. The Kier molecular flexibility index (Phi) is 4.62. The fraction of sp³-hybridized carbons (Fsp3) is 0.158. The van der Waals surface area contributed by atoms with Crippen LogP contribution in [0, 0.1) is 5.82 Å². The summed E-state index contributed by atoms with van der Waals surface area (Å²) in [6.45, 7) is 2.58. The van der Waals surface area contributed by atoms with Gasteiger partial charge in [-0.05, 0) is 18.6 Å². The number of carbonyl (C=O) groups is 1. The van der Waals surface area contributed by atoms with Crippen molar-refractivity contribution >= 4 is 28.2 Å². The van der Waals surface area contributed by atoms with E-state index in [-0.39, 0.29) is 16.8 Å². The molecule has 0 radical (unpaired) electrons. The van der Waals surface area contributed by atoms with E-state index < -0.39 is 22.8 Å². The van der Waals surface area contributed by atoms with E-state index >= 15 is 0 Å². The third-order valence-electron chi connectivity index (χ3n) is 4.24. The number of nitrogens with zero attached hydrogens (tertiary/aromatic N) is 1. The van der Waals surface area contributed by atoms with Crippen LogP contribution in [0.1, 0.15) is 22.8 Å². The molecule has 0 bridgehead atoms. The van der Waals surface area contributed by atoms with Crippen LogP contribution in [0.15, 0.2) is 47.4 Å². The van der Waals surface area contributed by atoms with Gasteiger partial charge in [-0.2, -0.15) is 0 Å². The number of fused-ring (bicyclic) bond motifs is 1. The number of nitrogens with two attached hydrogens (primary N) is 1. The van der Waals surface area contributed by atoms with Gasteiger partial charge in [0, 0.05) is 19.3 Å². The molecule has 26 heavy (non-hydrogen) atoms. The van der Waals surface area contributed by atoms with Crippen molar-refractivity contribution in [3.63, 3.8) is 0 Å². The van der Waals surface area contributed by atoms with E-state index in [0.29, 0.717) is 18.6 Å². The maximum absolute atomic E-state index is 14.7. The molecule has 4 N–H and O–H groups in total. The van der Waals surface area contributed by atoms with Gasteiger partial charge in [-0.15, -0.1) is 0 Å². The minimum Gasteiger partial charge on any atom is -0.477 e. The highest BCUT2D eigenvalue weighted by Gasteiger charge is 2.20. The first kappa shape index (κ1) is 17.5. The first-order valence-corrected chi connectivity index (χ1v) is 8.10. The van der Waals surface area contributed by atoms with Crippen LogP contribution >= 0.6 is 0 Å². The number of aryl methyl sites for hydroxylation is 1. The van der Waals surface area contributed by atoms with Crippen LogP contribution in [-0.4, -0.2) is 15.6 Å². The van der Waals surface area contributed by atoms with Gasteiger partial charge in [-0.1, -0.05) is 30.3 Å². The van der Waals surface area contributed by atoms with Gasteiger partial charge in [0.2, 0.25) is 5.43 Å². The van der Waals surface area contributed by atoms with Crippen molar-refractivity contribution in [2.45, 2.75) is 20.0 Å². The standard InChI is InChI=1S/C19H18FN3O3/c1-2-23-10-12(19(25)26)18(24)15-14(23)8-13(16(20)17(15)21)22-9-11-6-4-3-5-7-11/h3-8,10,22H,2,9,21H2,1H3,(H,25,26). The number of anilines is 2. The molecule has 0 aliphatic heterocycles. The molecule has 6 nitrogen and oxygen atoms in total. The molecule has 0 saturated heterocycles. The maximum Gasteiger partial charge on any atom is 0.341 e. The van der Waals surface area contributed by atoms with Crippen LogP contribution in [-0.2, 0) is 13.1 Å². The summed E-state index contributed by atoms with van der Waals surface area (Å²) in [4.78, 5) is 23.7. The highest BCUT2D eigenvalue weighted by molar-refractivity contribution is 5.99. The number of aromatic nitrogens is 1. The average Bonchev–Trinajstić information content (AvgIpc) is 2.64. The summed E-state index contributed by atoms with van der Waals surface area (Å²) in [7, 11) is 0. The van der Waals surface area contributed by atoms with Gasteiger partial charge in [0.05, 0.1) is 22.3 Å². The predicted molar refractivity (Wildman–Crippen MR) is 99.0 cm³/mol. The Balaban J connectivity index is 2.16. The molecule has 134 valence electrons. The van der Waals surface area contributed by atoms with E-state index in [1.165, 1.54) is 12.3 Å². The lowest BCUT2D eigenvalue weighted by molar-refractivity contribution is 0.0695. The van der Waals surface area contributed by atoms with Crippen molar-refractivity contribution in [2.24, 2.45) is 0 Å². The third-order valence-corrected chi connectivity index (χ3v) is 4.24. The largest absolute Gasteiger partial charge is 0.477 e. The van der Waals surface area contributed by atoms with Gasteiger partial charge < -0.3 is 20.7 Å². The Morgan fingerprint density at radius 3 is 2.62 bits per heavy atom. The smallest absolute Gasteiger partial charge is 0.341 e. The highest BCUT2D eigenvalue weighted by atomic mass is 19.1. The minimum atomic E-state index is -1.37. The molecule has 0 amide bonds. The molecule has 0 aliphatic rings. The summed E-state index contributed by atoms with van der Waals surface area (Å²) in [6.07, 6.45) is 1.26. The SMILES string of the molecule is CCn1cc(C(=O)O)c(=O)c2c(N)c(F)c(NCc3ccccc3)cc21. The molecule has 2 aromatic carbocycles. The number of hydrogen-bond donors (Lipinski definition) is 3. The second-order valence-corrected chi connectivity index (χ2v) is 5.85. The molecule has 0 fully saturated rings. The normalized spacial score (nSPS) is 10.8. The topological polar surface area (TPSA) is 97.4 Å². The summed E-state index contributed by atoms with van der Waals surface area (Å²) in [6, 6.07) is 10.9. The van der Waals surface area contributed by atoms with Gasteiger partial charge in [0.1, 0.15) is 5.56 Å². The zero-order chi connectivity index (χ0) is 18.8. The van der Waals surface area contributed by atoms with Gasteiger partial charge in [-0.25, -0.2) is 9.18 Å². The van der Waals surface area contributed by atoms with Crippen LogP contribution in [0.2, 0.25) is 0 Å². The molecular weight excluding hydrogens is 337 g/mol. The molecule has 0 unspecified atom stereocenters. The molecular formula is C19H18FN3O3. The third kappa shape index (κ3) is 2.99. The molecule has 0 saturated carbocycles. The number of carboxylic acid groups (broad SMARTS) is 1. The quantitative estimate of drug-likeness (QED) is 0.611. The van der Waals surface area contributed by atoms with E-state index in [2.05, 4.69) is 5.32 Å². The summed E-state index contributed by atoms with van der Waals surface area (Å²) in [5.74, 6) is -2.14. The monoisotopic (exact) mass is 355 g/mol. The van der Waals surface area contributed by atoms with Gasteiger partial charge >= 0.3 is 5.97 Å². The van der Waals surface area contributed by atoms with Gasteiger partial charge in [0.15, 0.2) is 5.82 Å². The number of halogens is 1. The summed E-state index contributed by atoms with van der Waals surface area (Å²) in [5.41, 5.74) is 5.78. The number of benzene rings is 2. The number of hydrogen-bond acceptors (Lipinski definition) is 4. The fourth-order valence-electron chi connectivity index (χ4n) is 2.88. The van der Waals surface area contributed by atoms with Crippen molar-refractivity contribution in [2.75, 3.05) is 11.1 Å². The zero-order valence-corrected chi connectivity index (χ0v) is 14.1. The summed E-state index contributed by atoms with van der Waals surface area (Å²) < 4.78 is 16.3. The average molecular weight is 355 g/mol. The number of pyridine rings is 1. The van der Waals surface area contributed by atoms with Crippen molar-refractivity contribution in [1.82, 2.24) is 4.57 Å². The van der Waals surface area contributed by atoms with Crippen LogP contribution < -0.4 is 16.5 Å². The zero-order valence-electron chi connectivity index (χ0n) is 14.1. The molecule has 7 heteroatoms. The Bertz CT molecular complexity index is 1050. The van der Waals surface area contributed by atoms with E-state index in [9.17, 15) is 19.1 Å². The second kappa shape index (κ2) is 6.87. The highest BCUT2D eigenvalue weighted by Crippen LogP contribution is 2.29. The second-order valence-electron chi connectivity index (χ2n) is 5.85. The Hall–Kier alpha value is -3.35. The van der Waals surface area contributed by atoms with Gasteiger partial charge in [0.25, 0.3) is 0 Å². The first-order valence-electron chi connectivity index (χ1n) is 8.10. The van der Waals surface area contributed by atoms with Crippen molar-refractivity contribution < 1.29 is 14.3 Å².